The number of benzene rings is 2. The molecule has 5 N–H and O–H groups in total. The first-order valence-electron chi connectivity index (χ1n) is 8.32. The molecule has 2 atom stereocenters. The standard InChI is InChI=1S/C19H20F2N4O/c20-13-7-12(8-24-9-13)11-1-3-14(4-2-11)25-10-16-17(21)6-5-15(18(16)22)19(23)26/h1-6,10,12-13,24H,7-9,22H2,(H2,23,26). The van der Waals surface area contributed by atoms with Crippen molar-refractivity contribution in [2.45, 2.75) is 18.5 Å². The minimum Gasteiger partial charge on any atom is -0.397 e. The topological polar surface area (TPSA) is 93.5 Å². The van der Waals surface area contributed by atoms with Crippen LogP contribution in [0.4, 0.5) is 20.2 Å². The minimum atomic E-state index is -0.838. The number of nitrogens with two attached hydrogens (primary N) is 2. The summed E-state index contributed by atoms with van der Waals surface area (Å²) in [6, 6.07) is 9.70. The lowest BCUT2D eigenvalue weighted by Gasteiger charge is -2.25. The van der Waals surface area contributed by atoms with E-state index in [2.05, 4.69) is 10.3 Å². The number of primary amides is 1. The number of anilines is 1. The molecule has 1 amide bonds. The molecule has 0 aromatic heterocycles. The molecule has 7 heteroatoms. The van der Waals surface area contributed by atoms with Crippen LogP contribution < -0.4 is 16.8 Å². The number of hydrogen-bond acceptors (Lipinski definition) is 4. The van der Waals surface area contributed by atoms with Crippen LogP contribution in [0.3, 0.4) is 0 Å². The highest BCUT2D eigenvalue weighted by Crippen LogP contribution is 2.27. The number of halogens is 2. The van der Waals surface area contributed by atoms with Gasteiger partial charge in [-0.05, 0) is 42.2 Å². The third-order valence-electron chi connectivity index (χ3n) is 4.50. The molecule has 2 aromatic rings. The Morgan fingerprint density at radius 2 is 1.92 bits per heavy atom. The van der Waals surface area contributed by atoms with Crippen LogP contribution in [-0.2, 0) is 0 Å². The third kappa shape index (κ3) is 3.88. The maximum absolute atomic E-state index is 14.0. The first-order valence-corrected chi connectivity index (χ1v) is 8.32. The van der Waals surface area contributed by atoms with Gasteiger partial charge in [0.1, 0.15) is 12.0 Å². The lowest BCUT2D eigenvalue weighted by atomic mass is 9.91. The predicted molar refractivity (Wildman–Crippen MR) is 98.2 cm³/mol. The molecule has 0 bridgehead atoms. The van der Waals surface area contributed by atoms with E-state index in [9.17, 15) is 13.6 Å². The van der Waals surface area contributed by atoms with Gasteiger partial charge in [0.2, 0.25) is 0 Å². The summed E-state index contributed by atoms with van der Waals surface area (Å²) in [5, 5.41) is 3.07. The van der Waals surface area contributed by atoms with Gasteiger partial charge in [-0.25, -0.2) is 8.78 Å². The molecule has 2 unspecified atom stereocenters. The monoisotopic (exact) mass is 358 g/mol. The van der Waals surface area contributed by atoms with E-state index in [1.54, 1.807) is 12.1 Å². The Hall–Kier alpha value is -2.80. The summed E-state index contributed by atoms with van der Waals surface area (Å²) in [6.45, 7) is 1.14. The first-order chi connectivity index (χ1) is 12.5. The number of piperidine rings is 1. The van der Waals surface area contributed by atoms with Gasteiger partial charge in [0.25, 0.3) is 5.91 Å². The Bertz CT molecular complexity index is 836. The lowest BCUT2D eigenvalue weighted by Crippen LogP contribution is -2.36. The molecular formula is C19H20F2N4O. The molecule has 5 nitrogen and oxygen atoms in total. The Morgan fingerprint density at radius 3 is 2.58 bits per heavy atom. The number of nitrogen functional groups attached to an aromatic ring is 1. The number of carbonyl (C=O) groups is 1. The number of amides is 1. The zero-order chi connectivity index (χ0) is 18.7. The number of rotatable bonds is 4. The molecule has 1 saturated heterocycles. The quantitative estimate of drug-likeness (QED) is 0.579. The summed E-state index contributed by atoms with van der Waals surface area (Å²) in [7, 11) is 0. The highest BCUT2D eigenvalue weighted by atomic mass is 19.1. The average Bonchev–Trinajstić information content (AvgIpc) is 2.62. The average molecular weight is 358 g/mol. The van der Waals surface area contributed by atoms with Crippen molar-refractivity contribution in [1.29, 1.82) is 0 Å². The number of alkyl halides is 1. The van der Waals surface area contributed by atoms with Crippen molar-refractivity contribution in [3.63, 3.8) is 0 Å². The van der Waals surface area contributed by atoms with Gasteiger partial charge in [0, 0.05) is 19.3 Å². The molecule has 0 radical (unpaired) electrons. The van der Waals surface area contributed by atoms with Gasteiger partial charge < -0.3 is 16.8 Å². The Morgan fingerprint density at radius 1 is 1.19 bits per heavy atom. The molecule has 0 saturated carbocycles. The number of hydrogen-bond donors (Lipinski definition) is 3. The predicted octanol–water partition coefficient (Wildman–Crippen LogP) is 2.67. The second-order valence-corrected chi connectivity index (χ2v) is 6.32. The van der Waals surface area contributed by atoms with Gasteiger partial charge >= 0.3 is 0 Å². The van der Waals surface area contributed by atoms with Crippen LogP contribution in [0.1, 0.15) is 33.8 Å². The zero-order valence-electron chi connectivity index (χ0n) is 14.1. The van der Waals surface area contributed by atoms with Crippen LogP contribution in [0.25, 0.3) is 0 Å². The van der Waals surface area contributed by atoms with E-state index < -0.39 is 17.9 Å². The normalized spacial score (nSPS) is 20.4. The minimum absolute atomic E-state index is 0.0159. The van der Waals surface area contributed by atoms with Crippen LogP contribution in [0.15, 0.2) is 41.4 Å². The van der Waals surface area contributed by atoms with E-state index in [-0.39, 0.29) is 22.7 Å². The lowest BCUT2D eigenvalue weighted by molar-refractivity contribution is 0.100. The highest BCUT2D eigenvalue weighted by Gasteiger charge is 2.22. The molecule has 0 aliphatic carbocycles. The second kappa shape index (κ2) is 7.61. The second-order valence-electron chi connectivity index (χ2n) is 6.32. The molecular weight excluding hydrogens is 338 g/mol. The molecule has 1 aliphatic rings. The maximum atomic E-state index is 14.0. The Kier molecular flexibility index (Phi) is 5.27. The fourth-order valence-electron chi connectivity index (χ4n) is 3.07. The van der Waals surface area contributed by atoms with Crippen molar-refractivity contribution in [3.8, 4) is 0 Å². The molecule has 1 aliphatic heterocycles. The highest BCUT2D eigenvalue weighted by molar-refractivity contribution is 6.03. The summed E-state index contributed by atoms with van der Waals surface area (Å²) >= 11 is 0. The smallest absolute Gasteiger partial charge is 0.250 e. The first kappa shape index (κ1) is 18.0. The van der Waals surface area contributed by atoms with Crippen molar-refractivity contribution in [2.24, 2.45) is 10.7 Å². The van der Waals surface area contributed by atoms with Crippen molar-refractivity contribution in [3.05, 3.63) is 58.9 Å². The molecule has 1 heterocycles. The molecule has 136 valence electrons. The number of nitrogens with one attached hydrogen (secondary N) is 1. The van der Waals surface area contributed by atoms with Crippen molar-refractivity contribution >= 4 is 23.5 Å². The fourth-order valence-corrected chi connectivity index (χ4v) is 3.07. The molecule has 2 aromatic carbocycles. The van der Waals surface area contributed by atoms with E-state index >= 15 is 0 Å². The zero-order valence-corrected chi connectivity index (χ0v) is 14.1. The number of aliphatic imine (C=N–C) groups is 1. The molecule has 3 rings (SSSR count). The molecule has 0 spiro atoms. The van der Waals surface area contributed by atoms with Gasteiger partial charge in [-0.3, -0.25) is 9.79 Å². The molecule has 1 fully saturated rings. The number of nitrogens with zero attached hydrogens (tertiary/aromatic N) is 1. The summed E-state index contributed by atoms with van der Waals surface area (Å²) < 4.78 is 27.5. The van der Waals surface area contributed by atoms with Gasteiger partial charge in [0.15, 0.2) is 0 Å². The summed E-state index contributed by atoms with van der Waals surface area (Å²) in [6.07, 6.45) is 0.929. The van der Waals surface area contributed by atoms with Crippen LogP contribution >= 0.6 is 0 Å². The van der Waals surface area contributed by atoms with E-state index in [0.29, 0.717) is 18.7 Å². The Labute approximate surface area is 150 Å². The largest absolute Gasteiger partial charge is 0.397 e. The molecule has 26 heavy (non-hydrogen) atoms. The fraction of sp³-hybridized carbons (Fsp3) is 0.263. The van der Waals surface area contributed by atoms with Crippen LogP contribution in [0.5, 0.6) is 0 Å². The van der Waals surface area contributed by atoms with E-state index in [0.717, 1.165) is 18.2 Å². The maximum Gasteiger partial charge on any atom is 0.250 e. The third-order valence-corrected chi connectivity index (χ3v) is 4.50. The van der Waals surface area contributed by atoms with Gasteiger partial charge in [-0.15, -0.1) is 0 Å². The van der Waals surface area contributed by atoms with Crippen molar-refractivity contribution in [1.82, 2.24) is 5.32 Å². The van der Waals surface area contributed by atoms with E-state index in [1.807, 2.05) is 12.1 Å². The van der Waals surface area contributed by atoms with Crippen LogP contribution in [-0.4, -0.2) is 31.4 Å². The summed E-state index contributed by atoms with van der Waals surface area (Å²) in [5.74, 6) is -1.19. The SMILES string of the molecule is NC(=O)c1ccc(F)c(C=Nc2ccc(C3CNCC(F)C3)cc2)c1N. The number of carbonyl (C=O) groups excluding carboxylic acids is 1. The summed E-state index contributed by atoms with van der Waals surface area (Å²) in [4.78, 5) is 15.5. The van der Waals surface area contributed by atoms with Gasteiger partial charge in [-0.1, -0.05) is 12.1 Å². The van der Waals surface area contributed by atoms with Crippen molar-refractivity contribution in [2.75, 3.05) is 18.8 Å². The summed E-state index contributed by atoms with van der Waals surface area (Å²) in [5.41, 5.74) is 12.7. The van der Waals surface area contributed by atoms with Crippen LogP contribution in [0, 0.1) is 5.82 Å². The van der Waals surface area contributed by atoms with Crippen LogP contribution in [0.2, 0.25) is 0 Å². The van der Waals surface area contributed by atoms with Gasteiger partial charge in [0.05, 0.1) is 22.5 Å². The van der Waals surface area contributed by atoms with E-state index in [4.69, 9.17) is 11.5 Å². The van der Waals surface area contributed by atoms with Gasteiger partial charge in [-0.2, -0.15) is 0 Å². The van der Waals surface area contributed by atoms with Crippen molar-refractivity contribution < 1.29 is 13.6 Å². The van der Waals surface area contributed by atoms with E-state index in [1.165, 1.54) is 12.3 Å². The Balaban J connectivity index is 1.79.